The average Bonchev–Trinajstić information content (AvgIpc) is 3.10. The minimum Gasteiger partial charge on any atom is -0.491 e. The van der Waals surface area contributed by atoms with E-state index in [2.05, 4.69) is 0 Å². The molecule has 1 aliphatic rings. The highest BCUT2D eigenvalue weighted by Crippen LogP contribution is 2.37. The van der Waals surface area contributed by atoms with E-state index in [0.29, 0.717) is 18.8 Å². The van der Waals surface area contributed by atoms with Crippen molar-refractivity contribution in [3.05, 3.63) is 65.5 Å². The van der Waals surface area contributed by atoms with Gasteiger partial charge in [0.05, 0.1) is 17.6 Å². The van der Waals surface area contributed by atoms with E-state index in [1.165, 1.54) is 24.3 Å². The molecule has 1 amide bonds. The fourth-order valence-corrected chi connectivity index (χ4v) is 3.50. The molecule has 0 aliphatic carbocycles. The second-order valence-electron chi connectivity index (χ2n) is 6.59. The number of likely N-dealkylation sites (tertiary alicyclic amines) is 1. The van der Waals surface area contributed by atoms with Crippen LogP contribution in [0.1, 0.15) is 48.1 Å². The van der Waals surface area contributed by atoms with E-state index in [9.17, 15) is 14.0 Å². The Morgan fingerprint density at radius 2 is 1.78 bits per heavy atom. The molecule has 3 rings (SSSR count). The predicted octanol–water partition coefficient (Wildman–Crippen LogP) is 4.05. The Balaban J connectivity index is 1.71. The first-order valence-electron chi connectivity index (χ1n) is 9.02. The molecule has 0 unspecified atom stereocenters. The molecule has 0 bridgehead atoms. The Hall–Kier alpha value is -2.89. The zero-order valence-corrected chi connectivity index (χ0v) is 15.1. The molecule has 2 atom stereocenters. The zero-order chi connectivity index (χ0) is 19.4. The molecule has 1 N–H and O–H groups in total. The van der Waals surface area contributed by atoms with Crippen LogP contribution in [0.2, 0.25) is 0 Å². The normalized spacial score (nSPS) is 19.1. The van der Waals surface area contributed by atoms with Gasteiger partial charge in [-0.25, -0.2) is 9.18 Å². The number of hydrogen-bond donors (Lipinski definition) is 1. The van der Waals surface area contributed by atoms with Crippen LogP contribution in [0.3, 0.4) is 0 Å². The molecule has 0 saturated carbocycles. The van der Waals surface area contributed by atoms with Gasteiger partial charge in [0, 0.05) is 6.42 Å². The van der Waals surface area contributed by atoms with Crippen LogP contribution in [0.5, 0.6) is 5.75 Å². The number of carbonyl (C=O) groups excluding carboxylic acids is 1. The fourth-order valence-electron chi connectivity index (χ4n) is 3.50. The monoisotopic (exact) mass is 371 g/mol. The van der Waals surface area contributed by atoms with Gasteiger partial charge < -0.3 is 14.7 Å². The van der Waals surface area contributed by atoms with Crippen LogP contribution in [0.4, 0.5) is 4.39 Å². The maximum atomic E-state index is 13.2. The van der Waals surface area contributed by atoms with Gasteiger partial charge in [0.2, 0.25) is 5.91 Å². The molecule has 1 saturated heterocycles. The molecule has 0 spiro atoms. The fraction of sp³-hybridized carbons (Fsp3) is 0.333. The first kappa shape index (κ1) is 18.9. The minimum absolute atomic E-state index is 0.0386. The third-order valence-corrected chi connectivity index (χ3v) is 4.89. The lowest BCUT2D eigenvalue weighted by molar-refractivity contribution is -0.134. The number of carboxylic acid groups (broad SMARTS) is 1. The summed E-state index contributed by atoms with van der Waals surface area (Å²) in [5.41, 5.74) is 1.12. The van der Waals surface area contributed by atoms with Crippen LogP contribution in [-0.4, -0.2) is 34.5 Å². The molecule has 1 fully saturated rings. The highest BCUT2D eigenvalue weighted by Gasteiger charge is 2.37. The third-order valence-electron chi connectivity index (χ3n) is 4.89. The Morgan fingerprint density at radius 1 is 1.11 bits per heavy atom. The maximum absolute atomic E-state index is 13.2. The maximum Gasteiger partial charge on any atom is 0.335 e. The molecule has 1 heterocycles. The van der Waals surface area contributed by atoms with Crippen molar-refractivity contribution in [2.24, 2.45) is 0 Å². The molecule has 6 heteroatoms. The summed E-state index contributed by atoms with van der Waals surface area (Å²) in [4.78, 5) is 25.3. The SMILES string of the molecule is CCC(=O)N1[C@H](COc2ccc(C(=O)O)cc2)CC[C@@H]1c1ccc(F)cc1. The van der Waals surface area contributed by atoms with E-state index in [1.54, 1.807) is 24.3 Å². The standard InChI is InChI=1S/C21H22FNO4/c1-2-20(24)23-17(9-12-19(23)14-3-7-16(22)8-4-14)13-27-18-10-5-15(6-11-18)21(25)26/h3-8,10-11,17,19H,2,9,12-13H2,1H3,(H,25,26)/t17-,19+/m0/s1. The van der Waals surface area contributed by atoms with Gasteiger partial charge in [-0.2, -0.15) is 0 Å². The first-order valence-corrected chi connectivity index (χ1v) is 9.02. The highest BCUT2D eigenvalue weighted by atomic mass is 19.1. The van der Waals surface area contributed by atoms with Crippen molar-refractivity contribution < 1.29 is 23.8 Å². The highest BCUT2D eigenvalue weighted by molar-refractivity contribution is 5.87. The number of carboxylic acids is 1. The van der Waals surface area contributed by atoms with Crippen LogP contribution in [0, 0.1) is 5.82 Å². The number of amides is 1. The molecule has 27 heavy (non-hydrogen) atoms. The summed E-state index contributed by atoms with van der Waals surface area (Å²) >= 11 is 0. The second-order valence-corrected chi connectivity index (χ2v) is 6.59. The van der Waals surface area contributed by atoms with Crippen LogP contribution in [0.15, 0.2) is 48.5 Å². The molecular weight excluding hydrogens is 349 g/mol. The molecule has 5 nitrogen and oxygen atoms in total. The van der Waals surface area contributed by atoms with Crippen molar-refractivity contribution in [2.45, 2.75) is 38.3 Å². The largest absolute Gasteiger partial charge is 0.491 e. The van der Waals surface area contributed by atoms with Crippen molar-refractivity contribution in [1.82, 2.24) is 4.90 Å². The molecule has 2 aromatic rings. The first-order chi connectivity index (χ1) is 13.0. The van der Waals surface area contributed by atoms with E-state index in [1.807, 2.05) is 11.8 Å². The number of nitrogens with zero attached hydrogens (tertiary/aromatic N) is 1. The van der Waals surface area contributed by atoms with Crippen molar-refractivity contribution in [1.29, 1.82) is 0 Å². The lowest BCUT2D eigenvalue weighted by atomic mass is 10.0. The van der Waals surface area contributed by atoms with Crippen LogP contribution >= 0.6 is 0 Å². The Labute approximate surface area is 157 Å². The zero-order valence-electron chi connectivity index (χ0n) is 15.1. The van der Waals surface area contributed by atoms with Crippen molar-refractivity contribution in [2.75, 3.05) is 6.61 Å². The molecule has 1 aliphatic heterocycles. The molecular formula is C21H22FNO4. The lowest BCUT2D eigenvalue weighted by Crippen LogP contribution is -2.40. The summed E-state index contributed by atoms with van der Waals surface area (Å²) in [6, 6.07) is 12.3. The predicted molar refractivity (Wildman–Crippen MR) is 98.2 cm³/mol. The van der Waals surface area contributed by atoms with Gasteiger partial charge in [0.25, 0.3) is 0 Å². The van der Waals surface area contributed by atoms with E-state index >= 15 is 0 Å². The third kappa shape index (κ3) is 4.27. The number of rotatable bonds is 6. The van der Waals surface area contributed by atoms with Gasteiger partial charge in [-0.05, 0) is 54.8 Å². The van der Waals surface area contributed by atoms with Crippen molar-refractivity contribution >= 4 is 11.9 Å². The Bertz CT molecular complexity index is 804. The smallest absolute Gasteiger partial charge is 0.335 e. The van der Waals surface area contributed by atoms with Gasteiger partial charge in [0.1, 0.15) is 18.2 Å². The van der Waals surface area contributed by atoms with Crippen LogP contribution in [-0.2, 0) is 4.79 Å². The summed E-state index contributed by atoms with van der Waals surface area (Å²) in [5.74, 6) is -0.681. The summed E-state index contributed by atoms with van der Waals surface area (Å²) < 4.78 is 19.0. The summed E-state index contributed by atoms with van der Waals surface area (Å²) in [5, 5.41) is 8.95. The molecule has 0 radical (unpaired) electrons. The molecule has 2 aromatic carbocycles. The average molecular weight is 371 g/mol. The number of benzene rings is 2. The summed E-state index contributed by atoms with van der Waals surface area (Å²) in [6.45, 7) is 2.15. The van der Waals surface area contributed by atoms with Gasteiger partial charge in [-0.3, -0.25) is 4.79 Å². The van der Waals surface area contributed by atoms with Gasteiger partial charge in [0.15, 0.2) is 0 Å². The van der Waals surface area contributed by atoms with Crippen LogP contribution < -0.4 is 4.74 Å². The van der Waals surface area contributed by atoms with E-state index in [4.69, 9.17) is 9.84 Å². The second kappa shape index (κ2) is 8.20. The molecule has 142 valence electrons. The topological polar surface area (TPSA) is 66.8 Å². The van der Waals surface area contributed by atoms with Crippen LogP contribution in [0.25, 0.3) is 0 Å². The summed E-state index contributed by atoms with van der Waals surface area (Å²) in [7, 11) is 0. The number of ether oxygens (including phenoxy) is 1. The van der Waals surface area contributed by atoms with E-state index in [-0.39, 0.29) is 29.4 Å². The number of halogens is 1. The quantitative estimate of drug-likeness (QED) is 0.832. The molecule has 0 aromatic heterocycles. The van der Waals surface area contributed by atoms with Gasteiger partial charge in [-0.1, -0.05) is 19.1 Å². The lowest BCUT2D eigenvalue weighted by Gasteiger charge is -2.30. The Kier molecular flexibility index (Phi) is 5.74. The Morgan fingerprint density at radius 3 is 2.37 bits per heavy atom. The van der Waals surface area contributed by atoms with Crippen molar-refractivity contribution in [3.8, 4) is 5.75 Å². The number of aromatic carboxylic acids is 1. The van der Waals surface area contributed by atoms with Crippen molar-refractivity contribution in [3.63, 3.8) is 0 Å². The minimum atomic E-state index is -0.987. The number of carbonyl (C=O) groups is 2. The van der Waals surface area contributed by atoms with E-state index in [0.717, 1.165) is 18.4 Å². The number of hydrogen-bond acceptors (Lipinski definition) is 3. The van der Waals surface area contributed by atoms with E-state index < -0.39 is 5.97 Å². The van der Waals surface area contributed by atoms with Gasteiger partial charge in [-0.15, -0.1) is 0 Å². The summed E-state index contributed by atoms with van der Waals surface area (Å²) in [6.07, 6.45) is 1.98. The van der Waals surface area contributed by atoms with Gasteiger partial charge >= 0.3 is 5.97 Å².